The Kier molecular flexibility index (Phi) is 3.69. The average Bonchev–Trinajstić information content (AvgIpc) is 2.89. The van der Waals surface area contributed by atoms with E-state index in [-0.39, 0.29) is 24.0 Å². The van der Waals surface area contributed by atoms with Crippen molar-refractivity contribution in [1.29, 1.82) is 0 Å². The van der Waals surface area contributed by atoms with E-state index >= 15 is 0 Å². The van der Waals surface area contributed by atoms with E-state index in [9.17, 15) is 9.90 Å². The molecule has 0 aliphatic heterocycles. The van der Waals surface area contributed by atoms with Crippen LogP contribution in [0.15, 0.2) is 23.0 Å². The van der Waals surface area contributed by atoms with Gasteiger partial charge in [0.25, 0.3) is 5.91 Å². The molecule has 106 valence electrons. The van der Waals surface area contributed by atoms with Crippen molar-refractivity contribution in [3.8, 4) is 0 Å². The maximum atomic E-state index is 11.8. The summed E-state index contributed by atoms with van der Waals surface area (Å²) in [7, 11) is 0. The van der Waals surface area contributed by atoms with Crippen molar-refractivity contribution >= 4 is 5.91 Å². The van der Waals surface area contributed by atoms with Gasteiger partial charge in [-0.1, -0.05) is 13.8 Å². The first-order valence-corrected chi connectivity index (χ1v) is 6.55. The molecule has 19 heavy (non-hydrogen) atoms. The Morgan fingerprint density at radius 1 is 1.63 bits per heavy atom. The van der Waals surface area contributed by atoms with Gasteiger partial charge in [-0.05, 0) is 13.0 Å². The van der Waals surface area contributed by atoms with Gasteiger partial charge in [0, 0.05) is 25.0 Å². The second-order valence-electron chi connectivity index (χ2n) is 5.60. The topological polar surface area (TPSA) is 71.7 Å². The Labute approximate surface area is 112 Å². The maximum Gasteiger partial charge on any atom is 0.254 e. The number of amides is 1. The zero-order valence-corrected chi connectivity index (χ0v) is 11.6. The number of hydrogen-bond donors (Lipinski definition) is 2. The van der Waals surface area contributed by atoms with Crippen LogP contribution in [0.4, 0.5) is 0 Å². The van der Waals surface area contributed by atoms with Gasteiger partial charge in [0.15, 0.2) is 0 Å². The van der Waals surface area contributed by atoms with Gasteiger partial charge in [-0.2, -0.15) is 0 Å². The lowest BCUT2D eigenvalue weighted by Crippen LogP contribution is -2.68. The summed E-state index contributed by atoms with van der Waals surface area (Å²) in [6, 6.07) is 1.59. The summed E-state index contributed by atoms with van der Waals surface area (Å²) in [5.41, 5.74) is -0.832. The van der Waals surface area contributed by atoms with Crippen molar-refractivity contribution < 1.29 is 19.1 Å². The van der Waals surface area contributed by atoms with Crippen LogP contribution in [0.3, 0.4) is 0 Å². The molecule has 1 amide bonds. The number of ether oxygens (including phenoxy) is 1. The molecule has 1 heterocycles. The van der Waals surface area contributed by atoms with Crippen molar-refractivity contribution in [2.24, 2.45) is 5.41 Å². The first-order chi connectivity index (χ1) is 8.90. The van der Waals surface area contributed by atoms with E-state index in [1.54, 1.807) is 6.07 Å². The molecule has 0 radical (unpaired) electrons. The van der Waals surface area contributed by atoms with Crippen LogP contribution in [0.5, 0.6) is 0 Å². The molecule has 0 unspecified atom stereocenters. The second-order valence-corrected chi connectivity index (χ2v) is 5.60. The van der Waals surface area contributed by atoms with Crippen molar-refractivity contribution in [1.82, 2.24) is 5.32 Å². The van der Waals surface area contributed by atoms with E-state index in [4.69, 9.17) is 9.15 Å². The van der Waals surface area contributed by atoms with Gasteiger partial charge < -0.3 is 19.6 Å². The average molecular weight is 267 g/mol. The van der Waals surface area contributed by atoms with Crippen LogP contribution in [-0.4, -0.2) is 35.9 Å². The highest BCUT2D eigenvalue weighted by Crippen LogP contribution is 2.50. The van der Waals surface area contributed by atoms with Crippen LogP contribution >= 0.6 is 0 Å². The predicted octanol–water partition coefficient (Wildman–Crippen LogP) is 1.58. The third-order valence-electron chi connectivity index (χ3n) is 4.22. The van der Waals surface area contributed by atoms with E-state index < -0.39 is 5.60 Å². The lowest BCUT2D eigenvalue weighted by Gasteiger charge is -2.57. The molecule has 1 aromatic heterocycles. The van der Waals surface area contributed by atoms with Crippen LogP contribution in [0, 0.1) is 5.41 Å². The van der Waals surface area contributed by atoms with Crippen LogP contribution < -0.4 is 5.32 Å². The molecule has 0 bridgehead atoms. The highest BCUT2D eigenvalue weighted by molar-refractivity contribution is 5.93. The van der Waals surface area contributed by atoms with Gasteiger partial charge in [0.2, 0.25) is 0 Å². The quantitative estimate of drug-likeness (QED) is 0.849. The fraction of sp³-hybridized carbons (Fsp3) is 0.643. The molecule has 1 fully saturated rings. The van der Waals surface area contributed by atoms with Gasteiger partial charge in [0.05, 0.1) is 23.5 Å². The van der Waals surface area contributed by atoms with Crippen LogP contribution in [0.2, 0.25) is 0 Å². The molecule has 2 rings (SSSR count). The van der Waals surface area contributed by atoms with E-state index in [1.165, 1.54) is 12.5 Å². The van der Waals surface area contributed by atoms with Gasteiger partial charge in [-0.3, -0.25) is 4.79 Å². The zero-order chi connectivity index (χ0) is 14.1. The second kappa shape index (κ2) is 4.98. The first-order valence-electron chi connectivity index (χ1n) is 6.55. The van der Waals surface area contributed by atoms with Crippen molar-refractivity contribution in [3.63, 3.8) is 0 Å². The largest absolute Gasteiger partial charge is 0.472 e. The molecule has 1 saturated carbocycles. The van der Waals surface area contributed by atoms with Gasteiger partial charge in [-0.15, -0.1) is 0 Å². The fourth-order valence-corrected chi connectivity index (χ4v) is 2.48. The molecule has 1 aromatic rings. The number of hydrogen-bond acceptors (Lipinski definition) is 4. The van der Waals surface area contributed by atoms with Crippen LogP contribution in [0.1, 0.15) is 37.6 Å². The number of nitrogens with one attached hydrogen (secondary N) is 1. The highest BCUT2D eigenvalue weighted by atomic mass is 16.5. The minimum atomic E-state index is -0.924. The minimum absolute atomic E-state index is 0.0355. The monoisotopic (exact) mass is 267 g/mol. The summed E-state index contributed by atoms with van der Waals surface area (Å²) in [5, 5.41) is 13.3. The number of carbonyl (C=O) groups excluding carboxylic acids is 1. The molecule has 2 N–H and O–H groups in total. The molecule has 1 aliphatic carbocycles. The normalized spacial score (nSPS) is 28.7. The molecule has 0 spiro atoms. The number of carbonyl (C=O) groups is 1. The van der Waals surface area contributed by atoms with Crippen LogP contribution in [0.25, 0.3) is 0 Å². The molecular formula is C14H21NO4. The molecule has 2 atom stereocenters. The number of furan rings is 1. The van der Waals surface area contributed by atoms with Crippen LogP contribution in [-0.2, 0) is 4.74 Å². The molecule has 5 heteroatoms. The lowest BCUT2D eigenvalue weighted by atomic mass is 9.56. The van der Waals surface area contributed by atoms with E-state index in [2.05, 4.69) is 5.32 Å². The molecule has 0 aromatic carbocycles. The van der Waals surface area contributed by atoms with Crippen molar-refractivity contribution in [2.75, 3.05) is 13.2 Å². The van der Waals surface area contributed by atoms with Crippen molar-refractivity contribution in [2.45, 2.75) is 38.9 Å². The van der Waals surface area contributed by atoms with E-state index in [0.717, 1.165) is 0 Å². The smallest absolute Gasteiger partial charge is 0.254 e. The Hall–Kier alpha value is -1.33. The standard InChI is InChI=1S/C14H21NO4/c1-4-19-11-7-14(17,13(11,2)3)9-15-12(16)10-5-6-18-8-10/h5-6,8,11,17H,4,7,9H2,1-3H3,(H,15,16)/t11-,14+/m1/s1. The summed E-state index contributed by atoms with van der Waals surface area (Å²) in [4.78, 5) is 11.8. The number of rotatable bonds is 5. The molecule has 1 aliphatic rings. The minimum Gasteiger partial charge on any atom is -0.472 e. The SMILES string of the molecule is CCO[C@@H]1C[C@](O)(CNC(=O)c2ccoc2)C1(C)C. The number of aliphatic hydroxyl groups is 1. The molecule has 0 saturated heterocycles. The summed E-state index contributed by atoms with van der Waals surface area (Å²) in [6.07, 6.45) is 3.41. The Morgan fingerprint density at radius 3 is 2.89 bits per heavy atom. The molecule has 5 nitrogen and oxygen atoms in total. The molecular weight excluding hydrogens is 246 g/mol. The maximum absolute atomic E-state index is 11.8. The van der Waals surface area contributed by atoms with E-state index in [0.29, 0.717) is 18.6 Å². The van der Waals surface area contributed by atoms with Gasteiger partial charge in [-0.25, -0.2) is 0 Å². The highest BCUT2D eigenvalue weighted by Gasteiger charge is 2.59. The summed E-state index contributed by atoms with van der Waals surface area (Å²) in [5.74, 6) is -0.238. The zero-order valence-electron chi connectivity index (χ0n) is 11.6. The third kappa shape index (κ3) is 2.40. The summed E-state index contributed by atoms with van der Waals surface area (Å²) >= 11 is 0. The fourth-order valence-electron chi connectivity index (χ4n) is 2.48. The predicted molar refractivity (Wildman–Crippen MR) is 69.8 cm³/mol. The van der Waals surface area contributed by atoms with Gasteiger partial charge >= 0.3 is 0 Å². The summed E-state index contributed by atoms with van der Waals surface area (Å²) in [6.45, 7) is 6.70. The Bertz CT molecular complexity index is 440. The Balaban J connectivity index is 1.91. The first kappa shape index (κ1) is 14.1. The lowest BCUT2D eigenvalue weighted by molar-refractivity contribution is -0.237. The van der Waals surface area contributed by atoms with Gasteiger partial charge in [0.1, 0.15) is 6.26 Å². The summed E-state index contributed by atoms with van der Waals surface area (Å²) < 4.78 is 10.4. The Morgan fingerprint density at radius 2 is 2.37 bits per heavy atom. The van der Waals surface area contributed by atoms with E-state index in [1.807, 2.05) is 20.8 Å². The van der Waals surface area contributed by atoms with Crippen molar-refractivity contribution in [3.05, 3.63) is 24.2 Å². The third-order valence-corrected chi connectivity index (χ3v) is 4.22.